The van der Waals surface area contributed by atoms with Gasteiger partial charge in [0.15, 0.2) is 0 Å². The zero-order valence-corrected chi connectivity index (χ0v) is 8.71. The van der Waals surface area contributed by atoms with Gasteiger partial charge >= 0.3 is 0 Å². The third-order valence-corrected chi connectivity index (χ3v) is 2.59. The molecule has 0 aromatic carbocycles. The fourth-order valence-electron chi connectivity index (χ4n) is 0.420. The highest BCUT2D eigenvalue weighted by molar-refractivity contribution is 7.99. The lowest BCUT2D eigenvalue weighted by atomic mass is 10.4. The monoisotopic (exact) mass is 184 g/mol. The van der Waals surface area contributed by atoms with E-state index in [1.54, 1.807) is 18.5 Å². The normalized spacial score (nSPS) is 11.2. The summed E-state index contributed by atoms with van der Waals surface area (Å²) < 4.78 is 0. The molecule has 0 N–H and O–H groups in total. The van der Waals surface area contributed by atoms with Crippen LogP contribution in [0.2, 0.25) is 0 Å². The number of thioether (sulfide) groups is 1. The molecule has 1 atom stereocenters. The van der Waals surface area contributed by atoms with Crippen molar-refractivity contribution < 1.29 is 0 Å². The topological polar surface area (TPSA) is 25.8 Å². The molecule has 0 saturated heterocycles. The Morgan fingerprint density at radius 2 is 1.92 bits per heavy atom. The minimum absolute atomic E-state index is 0.852. The van der Waals surface area contributed by atoms with Gasteiger partial charge in [0.2, 0.25) is 0 Å². The van der Waals surface area contributed by atoms with E-state index in [2.05, 4.69) is 30.1 Å². The molecule has 1 aromatic rings. The van der Waals surface area contributed by atoms with Crippen LogP contribution in [0, 0.1) is 0 Å². The van der Waals surface area contributed by atoms with E-state index in [9.17, 15) is 0 Å². The van der Waals surface area contributed by atoms with E-state index in [4.69, 9.17) is 0 Å². The third kappa shape index (κ3) is 7.54. The Morgan fingerprint density at radius 1 is 1.33 bits per heavy atom. The molecule has 0 aliphatic heterocycles. The standard InChI is InChI=1S/C5H12S.C4H4N2/c1-4-5(2)6-3;1-2-5-4-6-3-1/h5H,4H2,1-3H3;1-4H. The molecular weight excluding hydrogens is 168 g/mol. The molecule has 2 nitrogen and oxygen atoms in total. The fraction of sp³-hybridized carbons (Fsp3) is 0.556. The highest BCUT2D eigenvalue weighted by Crippen LogP contribution is 2.06. The summed E-state index contributed by atoms with van der Waals surface area (Å²) in [5.41, 5.74) is 0. The number of hydrogen-bond acceptors (Lipinski definition) is 3. The quantitative estimate of drug-likeness (QED) is 0.706. The maximum atomic E-state index is 3.67. The van der Waals surface area contributed by atoms with Gasteiger partial charge < -0.3 is 0 Å². The molecule has 0 aliphatic rings. The molecule has 12 heavy (non-hydrogen) atoms. The lowest BCUT2D eigenvalue weighted by Crippen LogP contribution is -1.87. The second kappa shape index (κ2) is 8.53. The van der Waals surface area contributed by atoms with Crippen molar-refractivity contribution in [2.24, 2.45) is 0 Å². The van der Waals surface area contributed by atoms with Crippen molar-refractivity contribution in [3.05, 3.63) is 24.8 Å². The smallest absolute Gasteiger partial charge is 0.115 e. The number of rotatable bonds is 2. The summed E-state index contributed by atoms with van der Waals surface area (Å²) in [6.07, 6.45) is 8.31. The molecule has 1 rings (SSSR count). The molecule has 0 amide bonds. The number of aromatic nitrogens is 2. The van der Waals surface area contributed by atoms with Crippen molar-refractivity contribution >= 4 is 11.8 Å². The van der Waals surface area contributed by atoms with Crippen LogP contribution in [0.5, 0.6) is 0 Å². The summed E-state index contributed by atoms with van der Waals surface area (Å²) in [5.74, 6) is 0. The van der Waals surface area contributed by atoms with E-state index in [0.29, 0.717) is 0 Å². The second-order valence-corrected chi connectivity index (χ2v) is 3.63. The van der Waals surface area contributed by atoms with Crippen LogP contribution in [0.3, 0.4) is 0 Å². The largest absolute Gasteiger partial charge is 0.245 e. The average molecular weight is 184 g/mol. The second-order valence-electron chi connectivity index (χ2n) is 2.36. The molecule has 3 heteroatoms. The molecule has 0 aliphatic carbocycles. The van der Waals surface area contributed by atoms with Crippen molar-refractivity contribution in [3.8, 4) is 0 Å². The van der Waals surface area contributed by atoms with Crippen LogP contribution in [-0.4, -0.2) is 21.5 Å². The Balaban J connectivity index is 0.000000202. The van der Waals surface area contributed by atoms with Crippen LogP contribution in [0.25, 0.3) is 0 Å². The summed E-state index contributed by atoms with van der Waals surface area (Å²) in [7, 11) is 0. The predicted molar refractivity (Wildman–Crippen MR) is 55.3 cm³/mol. The highest BCUT2D eigenvalue weighted by atomic mass is 32.2. The van der Waals surface area contributed by atoms with Crippen molar-refractivity contribution in [1.29, 1.82) is 0 Å². The summed E-state index contributed by atoms with van der Waals surface area (Å²) in [5, 5.41) is 0.852. The first kappa shape index (κ1) is 11.4. The molecule has 0 saturated carbocycles. The molecule has 0 bridgehead atoms. The summed E-state index contributed by atoms with van der Waals surface area (Å²) >= 11 is 1.92. The van der Waals surface area contributed by atoms with Crippen molar-refractivity contribution in [2.75, 3.05) is 6.26 Å². The molecule has 1 aromatic heterocycles. The van der Waals surface area contributed by atoms with E-state index in [1.807, 2.05) is 11.8 Å². The van der Waals surface area contributed by atoms with E-state index in [-0.39, 0.29) is 0 Å². The van der Waals surface area contributed by atoms with Gasteiger partial charge in [-0.2, -0.15) is 11.8 Å². The van der Waals surface area contributed by atoms with Gasteiger partial charge in [-0.25, -0.2) is 9.97 Å². The molecule has 0 spiro atoms. The first-order valence-corrected chi connectivity index (χ1v) is 5.32. The van der Waals surface area contributed by atoms with E-state index >= 15 is 0 Å². The van der Waals surface area contributed by atoms with Gasteiger partial charge in [0.1, 0.15) is 6.33 Å². The predicted octanol–water partition coefficient (Wildman–Crippen LogP) is 2.62. The molecule has 68 valence electrons. The summed E-state index contributed by atoms with van der Waals surface area (Å²) in [6.45, 7) is 4.45. The van der Waals surface area contributed by atoms with Crippen molar-refractivity contribution in [3.63, 3.8) is 0 Å². The van der Waals surface area contributed by atoms with Crippen LogP contribution in [0.4, 0.5) is 0 Å². The average Bonchev–Trinajstić information content (AvgIpc) is 2.20. The van der Waals surface area contributed by atoms with Crippen LogP contribution in [0.15, 0.2) is 24.8 Å². The lowest BCUT2D eigenvalue weighted by Gasteiger charge is -1.98. The van der Waals surface area contributed by atoms with Gasteiger partial charge in [0, 0.05) is 17.6 Å². The van der Waals surface area contributed by atoms with Crippen LogP contribution < -0.4 is 0 Å². The van der Waals surface area contributed by atoms with Gasteiger partial charge in [0.25, 0.3) is 0 Å². The summed E-state index contributed by atoms with van der Waals surface area (Å²) in [6, 6.07) is 1.78. The van der Waals surface area contributed by atoms with Gasteiger partial charge in [0.05, 0.1) is 0 Å². The Labute approximate surface area is 78.8 Å². The summed E-state index contributed by atoms with van der Waals surface area (Å²) in [4.78, 5) is 7.35. The molecule has 0 fully saturated rings. The third-order valence-electron chi connectivity index (χ3n) is 1.45. The van der Waals surface area contributed by atoms with Crippen LogP contribution in [0.1, 0.15) is 20.3 Å². The number of hydrogen-bond donors (Lipinski definition) is 0. The minimum atomic E-state index is 0.852. The lowest BCUT2D eigenvalue weighted by molar-refractivity contribution is 0.909. The van der Waals surface area contributed by atoms with E-state index in [0.717, 1.165) is 5.25 Å². The van der Waals surface area contributed by atoms with Crippen molar-refractivity contribution in [1.82, 2.24) is 9.97 Å². The van der Waals surface area contributed by atoms with Crippen molar-refractivity contribution in [2.45, 2.75) is 25.5 Å². The first-order valence-electron chi connectivity index (χ1n) is 4.04. The maximum absolute atomic E-state index is 3.67. The van der Waals surface area contributed by atoms with Gasteiger partial charge in [-0.15, -0.1) is 0 Å². The maximum Gasteiger partial charge on any atom is 0.115 e. The molecule has 0 radical (unpaired) electrons. The van der Waals surface area contributed by atoms with E-state index < -0.39 is 0 Å². The molecule has 1 unspecified atom stereocenters. The SMILES string of the molecule is CCC(C)SC.c1cncnc1. The Bertz CT molecular complexity index is 137. The Morgan fingerprint density at radius 3 is 2.00 bits per heavy atom. The first-order chi connectivity index (χ1) is 5.81. The van der Waals surface area contributed by atoms with E-state index in [1.165, 1.54) is 12.7 Å². The minimum Gasteiger partial charge on any atom is -0.245 e. The van der Waals surface area contributed by atoms with Gasteiger partial charge in [-0.3, -0.25) is 0 Å². The fourth-order valence-corrected chi connectivity index (χ4v) is 0.753. The Kier molecular flexibility index (Phi) is 8.12. The van der Waals surface area contributed by atoms with Gasteiger partial charge in [-0.05, 0) is 18.7 Å². The zero-order valence-electron chi connectivity index (χ0n) is 7.90. The highest BCUT2D eigenvalue weighted by Gasteiger charge is 1.89. The molecular formula is C9H16N2S. The van der Waals surface area contributed by atoms with Crippen LogP contribution >= 0.6 is 11.8 Å². The number of nitrogens with zero attached hydrogens (tertiary/aromatic N) is 2. The zero-order chi connectivity index (χ0) is 9.23. The Hall–Kier alpha value is -0.570. The molecule has 1 heterocycles. The van der Waals surface area contributed by atoms with Crippen LogP contribution in [-0.2, 0) is 0 Å². The van der Waals surface area contributed by atoms with Gasteiger partial charge in [-0.1, -0.05) is 13.8 Å².